The number of hydrogen-bond acceptors (Lipinski definition) is 1. The van der Waals surface area contributed by atoms with E-state index in [2.05, 4.69) is 255 Å². The predicted octanol–water partition coefficient (Wildman–Crippen LogP) is 17.0. The monoisotopic (exact) mass is 827 g/mol. The van der Waals surface area contributed by atoms with Crippen LogP contribution in [0.4, 0.5) is 17.1 Å². The third kappa shape index (κ3) is 5.39. The average molecular weight is 828 g/mol. The fourth-order valence-electron chi connectivity index (χ4n) is 11.8. The van der Waals surface area contributed by atoms with Gasteiger partial charge in [-0.15, -0.1) is 0 Å². The Morgan fingerprint density at radius 1 is 0.308 bits per heavy atom. The maximum absolute atomic E-state index is 2.54. The van der Waals surface area contributed by atoms with Crippen LogP contribution in [0.25, 0.3) is 65.7 Å². The van der Waals surface area contributed by atoms with Crippen molar-refractivity contribution in [2.75, 3.05) is 4.90 Å². The van der Waals surface area contributed by atoms with Crippen LogP contribution in [-0.4, -0.2) is 0 Å². The molecule has 2 aliphatic rings. The largest absolute Gasteiger partial charge is 0.310 e. The lowest BCUT2D eigenvalue weighted by atomic mass is 9.67. The molecule has 0 amide bonds. The van der Waals surface area contributed by atoms with Gasteiger partial charge in [0.25, 0.3) is 0 Å². The van der Waals surface area contributed by atoms with Gasteiger partial charge in [0.05, 0.1) is 11.1 Å². The Bertz CT molecular complexity index is 3620. The summed E-state index contributed by atoms with van der Waals surface area (Å²) in [5.74, 6) is 0. The van der Waals surface area contributed by atoms with Gasteiger partial charge in [-0.25, -0.2) is 0 Å². The zero-order chi connectivity index (χ0) is 43.3. The second kappa shape index (κ2) is 14.3. The van der Waals surface area contributed by atoms with Crippen molar-refractivity contribution >= 4 is 49.4 Å². The fraction of sp³-hybridized carbons (Fsp3) is 0.0625. The van der Waals surface area contributed by atoms with Crippen LogP contribution < -0.4 is 4.90 Å². The SMILES string of the molecule is CC1(C)c2ccccc2-c2c(N(c3cccc(-c4ccc5c6ccccc6c6ccccc6c5c4)c3)c3ccc4c(c3)C(c3ccccc3)(c3ccccc3)c3ccccc3-4)cccc21. The number of hydrogen-bond donors (Lipinski definition) is 0. The molecule has 0 aromatic heterocycles. The van der Waals surface area contributed by atoms with Gasteiger partial charge in [0.1, 0.15) is 0 Å². The van der Waals surface area contributed by atoms with Gasteiger partial charge in [-0.3, -0.25) is 0 Å². The molecule has 0 unspecified atom stereocenters. The first-order valence-corrected chi connectivity index (χ1v) is 22.8. The molecule has 13 rings (SSSR count). The minimum absolute atomic E-state index is 0.150. The summed E-state index contributed by atoms with van der Waals surface area (Å²) < 4.78 is 0. The number of anilines is 3. The molecular formula is C64H45N. The Kier molecular flexibility index (Phi) is 8.24. The van der Waals surface area contributed by atoms with Crippen molar-refractivity contribution in [2.24, 2.45) is 0 Å². The van der Waals surface area contributed by atoms with E-state index in [0.717, 1.165) is 11.4 Å². The first-order chi connectivity index (χ1) is 32.0. The first kappa shape index (κ1) is 37.5. The fourth-order valence-corrected chi connectivity index (χ4v) is 11.8. The van der Waals surface area contributed by atoms with Crippen LogP contribution in [0.2, 0.25) is 0 Å². The first-order valence-electron chi connectivity index (χ1n) is 22.8. The highest BCUT2D eigenvalue weighted by Crippen LogP contribution is 2.59. The summed E-state index contributed by atoms with van der Waals surface area (Å²) in [6, 6.07) is 88.4. The van der Waals surface area contributed by atoms with E-state index < -0.39 is 5.41 Å². The van der Waals surface area contributed by atoms with Gasteiger partial charge < -0.3 is 4.90 Å². The van der Waals surface area contributed by atoms with Crippen LogP contribution in [0.3, 0.4) is 0 Å². The molecule has 11 aromatic carbocycles. The van der Waals surface area contributed by atoms with E-state index in [1.165, 1.54) is 105 Å². The molecule has 11 aromatic rings. The topological polar surface area (TPSA) is 3.24 Å². The molecule has 0 aliphatic heterocycles. The van der Waals surface area contributed by atoms with Crippen molar-refractivity contribution < 1.29 is 0 Å². The normalized spacial score (nSPS) is 13.9. The van der Waals surface area contributed by atoms with Crippen LogP contribution in [0.15, 0.2) is 237 Å². The van der Waals surface area contributed by atoms with Crippen molar-refractivity contribution in [1.29, 1.82) is 0 Å². The molecule has 0 heterocycles. The second-order valence-corrected chi connectivity index (χ2v) is 18.4. The van der Waals surface area contributed by atoms with Crippen molar-refractivity contribution in [3.63, 3.8) is 0 Å². The van der Waals surface area contributed by atoms with Gasteiger partial charge >= 0.3 is 0 Å². The molecule has 0 fully saturated rings. The summed E-state index contributed by atoms with van der Waals surface area (Å²) in [6.07, 6.45) is 0. The van der Waals surface area contributed by atoms with Crippen molar-refractivity contribution in [1.82, 2.24) is 0 Å². The highest BCUT2D eigenvalue weighted by atomic mass is 15.1. The average Bonchev–Trinajstić information content (AvgIpc) is 3.80. The van der Waals surface area contributed by atoms with Gasteiger partial charge in [0.15, 0.2) is 0 Å². The highest BCUT2D eigenvalue weighted by Gasteiger charge is 2.46. The third-order valence-corrected chi connectivity index (χ3v) is 14.7. The molecule has 1 heteroatoms. The van der Waals surface area contributed by atoms with Crippen LogP contribution in [0.5, 0.6) is 0 Å². The molecule has 0 bridgehead atoms. The van der Waals surface area contributed by atoms with Crippen molar-refractivity contribution in [2.45, 2.75) is 24.7 Å². The van der Waals surface area contributed by atoms with Gasteiger partial charge in [-0.2, -0.15) is 0 Å². The smallest absolute Gasteiger partial charge is 0.0714 e. The van der Waals surface area contributed by atoms with Gasteiger partial charge in [0, 0.05) is 22.4 Å². The van der Waals surface area contributed by atoms with Crippen molar-refractivity contribution in [3.05, 3.63) is 270 Å². The molecule has 0 saturated heterocycles. The summed E-state index contributed by atoms with van der Waals surface area (Å²) in [4.78, 5) is 2.54. The van der Waals surface area contributed by atoms with Gasteiger partial charge in [0.2, 0.25) is 0 Å². The third-order valence-electron chi connectivity index (χ3n) is 14.7. The maximum atomic E-state index is 2.54. The van der Waals surface area contributed by atoms with Crippen molar-refractivity contribution in [3.8, 4) is 33.4 Å². The molecular weight excluding hydrogens is 783 g/mol. The Morgan fingerprint density at radius 2 is 0.815 bits per heavy atom. The van der Waals surface area contributed by atoms with Crippen LogP contribution in [0.1, 0.15) is 47.2 Å². The van der Waals surface area contributed by atoms with Crippen LogP contribution in [0, 0.1) is 0 Å². The quantitative estimate of drug-likeness (QED) is 0.151. The number of fused-ring (bicyclic) bond motifs is 12. The Balaban J connectivity index is 1.07. The number of nitrogens with zero attached hydrogens (tertiary/aromatic N) is 1. The van der Waals surface area contributed by atoms with E-state index in [9.17, 15) is 0 Å². The Hall–Kier alpha value is -8.00. The lowest BCUT2D eigenvalue weighted by Crippen LogP contribution is -2.28. The van der Waals surface area contributed by atoms with Gasteiger partial charge in [-0.05, 0) is 130 Å². The Labute approximate surface area is 380 Å². The van der Waals surface area contributed by atoms with E-state index in [4.69, 9.17) is 0 Å². The van der Waals surface area contributed by atoms with Gasteiger partial charge in [-0.1, -0.05) is 214 Å². The molecule has 0 saturated carbocycles. The zero-order valence-corrected chi connectivity index (χ0v) is 36.5. The standard InChI is InChI=1S/C64H45N/c1-63(2)57-31-15-14-30-55(57)62-59(63)33-18-34-61(62)65(46-24-17-19-42(39-46)43-35-37-52-50-27-10-9-25-48(50)49-26-11-12-28-51(49)56(52)40-43)47-36-38-54-53-29-13-16-32-58(53)64(60(54)41-47,44-20-5-3-6-21-44)45-22-7-4-8-23-45/h3-41H,1-2H3. The number of benzene rings is 11. The Morgan fingerprint density at radius 3 is 1.51 bits per heavy atom. The van der Waals surface area contributed by atoms with E-state index in [0.29, 0.717) is 0 Å². The molecule has 0 atom stereocenters. The second-order valence-electron chi connectivity index (χ2n) is 18.4. The maximum Gasteiger partial charge on any atom is 0.0714 e. The van der Waals surface area contributed by atoms with E-state index in [-0.39, 0.29) is 5.41 Å². The summed E-state index contributed by atoms with van der Waals surface area (Å²) in [5, 5.41) is 7.70. The molecule has 0 spiro atoms. The highest BCUT2D eigenvalue weighted by molar-refractivity contribution is 6.25. The summed E-state index contributed by atoms with van der Waals surface area (Å²) in [7, 11) is 0. The lowest BCUT2D eigenvalue weighted by molar-refractivity contribution is 0.660. The van der Waals surface area contributed by atoms with Crippen LogP contribution in [-0.2, 0) is 10.8 Å². The minimum Gasteiger partial charge on any atom is -0.310 e. The summed E-state index contributed by atoms with van der Waals surface area (Å²) >= 11 is 0. The van der Waals surface area contributed by atoms with E-state index in [1.807, 2.05) is 0 Å². The molecule has 306 valence electrons. The van der Waals surface area contributed by atoms with E-state index >= 15 is 0 Å². The zero-order valence-electron chi connectivity index (χ0n) is 36.5. The molecule has 0 radical (unpaired) electrons. The lowest BCUT2D eigenvalue weighted by Gasteiger charge is -2.35. The summed E-state index contributed by atoms with van der Waals surface area (Å²) in [5.41, 5.74) is 18.1. The number of rotatable bonds is 6. The molecule has 1 nitrogen and oxygen atoms in total. The molecule has 2 aliphatic carbocycles. The minimum atomic E-state index is -0.525. The predicted molar refractivity (Wildman–Crippen MR) is 274 cm³/mol. The molecule has 65 heavy (non-hydrogen) atoms. The molecule has 0 N–H and O–H groups in total. The summed E-state index contributed by atoms with van der Waals surface area (Å²) in [6.45, 7) is 4.75. The van der Waals surface area contributed by atoms with Crippen LogP contribution >= 0.6 is 0 Å². The van der Waals surface area contributed by atoms with E-state index in [1.54, 1.807) is 0 Å².